The van der Waals surface area contributed by atoms with Gasteiger partial charge in [-0.2, -0.15) is 5.10 Å². The molecule has 2 saturated carbocycles. The van der Waals surface area contributed by atoms with E-state index in [4.69, 9.17) is 5.10 Å². The Labute approximate surface area is 138 Å². The van der Waals surface area contributed by atoms with Crippen LogP contribution >= 0.6 is 0 Å². The summed E-state index contributed by atoms with van der Waals surface area (Å²) in [6.07, 6.45) is 15.0. The Bertz CT molecular complexity index is 594. The van der Waals surface area contributed by atoms with Crippen LogP contribution in [0.1, 0.15) is 81.1 Å². The lowest BCUT2D eigenvalue weighted by Crippen LogP contribution is -2.30. The summed E-state index contributed by atoms with van der Waals surface area (Å²) in [5, 5.41) is 7.97. The van der Waals surface area contributed by atoms with Crippen molar-refractivity contribution in [1.29, 1.82) is 0 Å². The van der Waals surface area contributed by atoms with Crippen molar-refractivity contribution in [2.24, 2.45) is 5.92 Å². The molecular formula is C19H27N3O. The van der Waals surface area contributed by atoms with Gasteiger partial charge >= 0.3 is 0 Å². The number of aromatic nitrogens is 2. The van der Waals surface area contributed by atoms with Crippen molar-refractivity contribution in [3.63, 3.8) is 0 Å². The van der Waals surface area contributed by atoms with Crippen LogP contribution in [0.5, 0.6) is 0 Å². The van der Waals surface area contributed by atoms with Gasteiger partial charge < -0.3 is 5.32 Å². The minimum atomic E-state index is 0.153. The molecule has 1 amide bonds. The normalized spacial score (nSPS) is 25.0. The van der Waals surface area contributed by atoms with E-state index in [1.165, 1.54) is 44.2 Å². The Morgan fingerprint density at radius 3 is 2.70 bits per heavy atom. The second kappa shape index (κ2) is 6.50. The molecule has 124 valence electrons. The number of rotatable bonds is 5. The first kappa shape index (κ1) is 15.0. The monoisotopic (exact) mass is 313 g/mol. The fourth-order valence-corrected chi connectivity index (χ4v) is 4.03. The van der Waals surface area contributed by atoms with Gasteiger partial charge in [0, 0.05) is 17.5 Å². The summed E-state index contributed by atoms with van der Waals surface area (Å²) < 4.78 is 2.30. The molecule has 1 aromatic rings. The number of carbonyl (C=O) groups excluding carboxylic acids is 1. The topological polar surface area (TPSA) is 46.9 Å². The highest BCUT2D eigenvalue weighted by molar-refractivity contribution is 5.78. The van der Waals surface area contributed by atoms with Crippen molar-refractivity contribution < 1.29 is 4.79 Å². The number of hydrogen-bond acceptors (Lipinski definition) is 2. The number of carbonyl (C=O) groups is 1. The summed E-state index contributed by atoms with van der Waals surface area (Å²) >= 11 is 0. The van der Waals surface area contributed by atoms with Gasteiger partial charge in [0.1, 0.15) is 0 Å². The van der Waals surface area contributed by atoms with Crippen LogP contribution in [0, 0.1) is 5.92 Å². The van der Waals surface area contributed by atoms with E-state index < -0.39 is 0 Å². The van der Waals surface area contributed by atoms with Gasteiger partial charge in [0.25, 0.3) is 0 Å². The third kappa shape index (κ3) is 3.36. The minimum Gasteiger partial charge on any atom is -0.350 e. The van der Waals surface area contributed by atoms with Crippen LogP contribution in [-0.2, 0) is 11.3 Å². The fourth-order valence-electron chi connectivity index (χ4n) is 4.03. The van der Waals surface area contributed by atoms with Gasteiger partial charge in [0.05, 0.1) is 18.3 Å². The molecule has 1 atom stereocenters. The van der Waals surface area contributed by atoms with Crippen molar-refractivity contribution in [3.8, 4) is 0 Å². The van der Waals surface area contributed by atoms with E-state index in [1.807, 2.05) is 0 Å². The number of nitrogens with one attached hydrogen (secondary N) is 1. The van der Waals surface area contributed by atoms with E-state index in [0.717, 1.165) is 30.9 Å². The zero-order chi connectivity index (χ0) is 15.6. The predicted molar refractivity (Wildman–Crippen MR) is 90.0 cm³/mol. The molecule has 1 heterocycles. The number of nitrogens with zero attached hydrogens (tertiary/aromatic N) is 2. The Hall–Kier alpha value is -1.58. The molecule has 0 bridgehead atoms. The largest absolute Gasteiger partial charge is 0.350 e. The molecule has 4 heteroatoms. The molecule has 4 nitrogen and oxygen atoms in total. The Morgan fingerprint density at radius 2 is 2.00 bits per heavy atom. The average molecular weight is 313 g/mol. The smallest absolute Gasteiger partial charge is 0.223 e. The second-order valence-electron chi connectivity index (χ2n) is 7.42. The molecule has 0 aromatic carbocycles. The maximum absolute atomic E-state index is 12.3. The van der Waals surface area contributed by atoms with Crippen LogP contribution in [0.2, 0.25) is 0 Å². The summed E-state index contributed by atoms with van der Waals surface area (Å²) in [5.41, 5.74) is 2.46. The first-order chi connectivity index (χ1) is 11.3. The van der Waals surface area contributed by atoms with Gasteiger partial charge in [-0.3, -0.25) is 9.48 Å². The van der Waals surface area contributed by atoms with Gasteiger partial charge in [0.2, 0.25) is 5.91 Å². The molecule has 0 saturated heterocycles. The van der Waals surface area contributed by atoms with Gasteiger partial charge in [-0.25, -0.2) is 0 Å². The highest BCUT2D eigenvalue weighted by atomic mass is 16.1. The SMILES string of the molecule is O=C(NCc1cc(C2CC2)n(C2CCCC2)n1)[C@H]1CC=CCC1. The molecule has 23 heavy (non-hydrogen) atoms. The van der Waals surface area contributed by atoms with Gasteiger partial charge in [-0.05, 0) is 51.0 Å². The second-order valence-corrected chi connectivity index (χ2v) is 7.42. The van der Waals surface area contributed by atoms with E-state index in [-0.39, 0.29) is 11.8 Å². The van der Waals surface area contributed by atoms with Crippen LogP contribution in [0.15, 0.2) is 18.2 Å². The third-order valence-electron chi connectivity index (χ3n) is 5.57. The van der Waals surface area contributed by atoms with Crippen LogP contribution in [0.4, 0.5) is 0 Å². The Morgan fingerprint density at radius 1 is 1.17 bits per heavy atom. The van der Waals surface area contributed by atoms with Crippen LogP contribution < -0.4 is 5.32 Å². The van der Waals surface area contributed by atoms with Gasteiger partial charge in [-0.15, -0.1) is 0 Å². The number of amides is 1. The lowest BCUT2D eigenvalue weighted by Gasteiger charge is -2.16. The zero-order valence-corrected chi connectivity index (χ0v) is 13.8. The molecule has 3 aliphatic rings. The fraction of sp³-hybridized carbons (Fsp3) is 0.684. The summed E-state index contributed by atoms with van der Waals surface area (Å²) in [7, 11) is 0. The molecule has 0 aliphatic heterocycles. The van der Waals surface area contributed by atoms with E-state index in [2.05, 4.69) is 28.2 Å². The minimum absolute atomic E-state index is 0.153. The van der Waals surface area contributed by atoms with Crippen LogP contribution in [0.25, 0.3) is 0 Å². The molecule has 1 aromatic heterocycles. The van der Waals surface area contributed by atoms with Crippen molar-refractivity contribution >= 4 is 5.91 Å². The van der Waals surface area contributed by atoms with Crippen molar-refractivity contribution in [2.75, 3.05) is 0 Å². The standard InChI is InChI=1S/C19H27N3O/c23-19(15-6-2-1-3-7-15)20-13-16-12-18(14-10-11-14)22(21-16)17-8-4-5-9-17/h1-2,12,14-15,17H,3-11,13H2,(H,20,23)/t15-/m0/s1. The molecule has 0 spiro atoms. The number of hydrogen-bond donors (Lipinski definition) is 1. The quantitative estimate of drug-likeness (QED) is 0.839. The highest BCUT2D eigenvalue weighted by Crippen LogP contribution is 2.43. The molecule has 4 rings (SSSR count). The summed E-state index contributed by atoms with van der Waals surface area (Å²) in [6.45, 7) is 0.582. The first-order valence-electron chi connectivity index (χ1n) is 9.32. The predicted octanol–water partition coefficient (Wildman–Crippen LogP) is 3.85. The lowest BCUT2D eigenvalue weighted by atomic mass is 9.94. The molecule has 0 radical (unpaired) electrons. The van der Waals surface area contributed by atoms with E-state index >= 15 is 0 Å². The molecule has 0 unspecified atom stereocenters. The lowest BCUT2D eigenvalue weighted by molar-refractivity contribution is -0.125. The van der Waals surface area contributed by atoms with Crippen LogP contribution in [-0.4, -0.2) is 15.7 Å². The maximum atomic E-state index is 12.3. The molecule has 2 fully saturated rings. The molecule has 1 N–H and O–H groups in total. The summed E-state index contributed by atoms with van der Waals surface area (Å²) in [5.74, 6) is 1.06. The van der Waals surface area contributed by atoms with Gasteiger partial charge in [-0.1, -0.05) is 25.0 Å². The third-order valence-corrected chi connectivity index (χ3v) is 5.57. The first-order valence-corrected chi connectivity index (χ1v) is 9.32. The van der Waals surface area contributed by atoms with Crippen molar-refractivity contribution in [2.45, 2.75) is 76.3 Å². The Balaban J connectivity index is 1.41. The van der Waals surface area contributed by atoms with E-state index in [1.54, 1.807) is 0 Å². The maximum Gasteiger partial charge on any atom is 0.223 e. The van der Waals surface area contributed by atoms with Crippen molar-refractivity contribution in [1.82, 2.24) is 15.1 Å². The van der Waals surface area contributed by atoms with Crippen molar-refractivity contribution in [3.05, 3.63) is 29.6 Å². The Kier molecular flexibility index (Phi) is 4.23. The zero-order valence-electron chi connectivity index (χ0n) is 13.8. The molecular weight excluding hydrogens is 286 g/mol. The number of allylic oxidation sites excluding steroid dienone is 2. The van der Waals surface area contributed by atoms with Crippen LogP contribution in [0.3, 0.4) is 0 Å². The van der Waals surface area contributed by atoms with Gasteiger partial charge in [0.15, 0.2) is 0 Å². The average Bonchev–Trinajstić information content (AvgIpc) is 3.12. The summed E-state index contributed by atoms with van der Waals surface area (Å²) in [6, 6.07) is 2.84. The molecule has 3 aliphatic carbocycles. The van der Waals surface area contributed by atoms with E-state index in [9.17, 15) is 4.79 Å². The van der Waals surface area contributed by atoms with E-state index in [0.29, 0.717) is 12.6 Å². The summed E-state index contributed by atoms with van der Waals surface area (Å²) in [4.78, 5) is 12.3. The highest BCUT2D eigenvalue weighted by Gasteiger charge is 2.31.